The zero-order valence-electron chi connectivity index (χ0n) is 11.6. The quantitative estimate of drug-likeness (QED) is 0.833. The molecule has 1 unspecified atom stereocenters. The molecular formula is C13H18N4O2S. The predicted octanol–water partition coefficient (Wildman–Crippen LogP) is 1.82. The van der Waals surface area contributed by atoms with Gasteiger partial charge in [-0.05, 0) is 24.0 Å². The normalized spacial score (nSPS) is 12.3. The van der Waals surface area contributed by atoms with Crippen molar-refractivity contribution in [2.75, 3.05) is 19.1 Å². The van der Waals surface area contributed by atoms with E-state index in [1.807, 2.05) is 12.3 Å². The standard InChI is InChI=1S/C13H18N4O2S/c1-18-12-4-3-9(8-15-12)7-11-16-13(19-17-11)10(14)5-6-20-2/h3-4,8,10H,5-7,14H2,1-2H3. The Kier molecular flexibility index (Phi) is 5.37. The minimum atomic E-state index is -0.197. The summed E-state index contributed by atoms with van der Waals surface area (Å²) in [4.78, 5) is 8.47. The first-order valence-corrected chi connectivity index (χ1v) is 7.68. The molecule has 20 heavy (non-hydrogen) atoms. The fourth-order valence-corrected chi connectivity index (χ4v) is 2.17. The van der Waals surface area contributed by atoms with E-state index in [1.54, 1.807) is 31.1 Å². The van der Waals surface area contributed by atoms with Crippen molar-refractivity contribution in [2.45, 2.75) is 18.9 Å². The summed E-state index contributed by atoms with van der Waals surface area (Å²) < 4.78 is 10.2. The molecule has 0 radical (unpaired) electrons. The van der Waals surface area contributed by atoms with Crippen LogP contribution < -0.4 is 10.5 Å². The molecule has 0 aromatic carbocycles. The fourth-order valence-electron chi connectivity index (χ4n) is 1.68. The number of rotatable bonds is 7. The van der Waals surface area contributed by atoms with Crippen LogP contribution in [0.5, 0.6) is 5.88 Å². The molecule has 0 saturated carbocycles. The van der Waals surface area contributed by atoms with Gasteiger partial charge in [0.1, 0.15) is 0 Å². The highest BCUT2D eigenvalue weighted by Crippen LogP contribution is 2.15. The van der Waals surface area contributed by atoms with E-state index in [2.05, 4.69) is 15.1 Å². The third-order valence-corrected chi connectivity index (χ3v) is 3.45. The minimum Gasteiger partial charge on any atom is -0.481 e. The largest absolute Gasteiger partial charge is 0.481 e. The van der Waals surface area contributed by atoms with Crippen LogP contribution >= 0.6 is 11.8 Å². The van der Waals surface area contributed by atoms with Crippen LogP contribution in [0.25, 0.3) is 0 Å². The summed E-state index contributed by atoms with van der Waals surface area (Å²) in [5.74, 6) is 2.67. The van der Waals surface area contributed by atoms with Crippen molar-refractivity contribution < 1.29 is 9.26 Å². The van der Waals surface area contributed by atoms with E-state index in [0.29, 0.717) is 24.0 Å². The maximum atomic E-state index is 5.99. The average molecular weight is 294 g/mol. The maximum absolute atomic E-state index is 5.99. The van der Waals surface area contributed by atoms with Gasteiger partial charge in [-0.3, -0.25) is 0 Å². The summed E-state index contributed by atoms with van der Waals surface area (Å²) in [5, 5.41) is 3.95. The Balaban J connectivity index is 1.97. The molecule has 2 rings (SSSR count). The highest BCUT2D eigenvalue weighted by molar-refractivity contribution is 7.98. The van der Waals surface area contributed by atoms with Gasteiger partial charge in [0, 0.05) is 18.7 Å². The molecule has 2 aromatic heterocycles. The summed E-state index contributed by atoms with van der Waals surface area (Å²) in [5.41, 5.74) is 6.98. The zero-order valence-corrected chi connectivity index (χ0v) is 12.4. The Morgan fingerprint density at radius 1 is 1.45 bits per heavy atom. The first-order chi connectivity index (χ1) is 9.72. The summed E-state index contributed by atoms with van der Waals surface area (Å²) in [6, 6.07) is 3.54. The van der Waals surface area contributed by atoms with Crippen molar-refractivity contribution in [3.05, 3.63) is 35.6 Å². The number of hydrogen-bond acceptors (Lipinski definition) is 7. The van der Waals surface area contributed by atoms with E-state index in [-0.39, 0.29) is 6.04 Å². The van der Waals surface area contributed by atoms with E-state index in [4.69, 9.17) is 15.0 Å². The van der Waals surface area contributed by atoms with Gasteiger partial charge in [-0.25, -0.2) is 4.98 Å². The highest BCUT2D eigenvalue weighted by Gasteiger charge is 2.14. The number of nitrogens with zero attached hydrogens (tertiary/aromatic N) is 3. The molecular weight excluding hydrogens is 276 g/mol. The van der Waals surface area contributed by atoms with Crippen LogP contribution in [0.15, 0.2) is 22.9 Å². The Bertz CT molecular complexity index is 529. The monoisotopic (exact) mass is 294 g/mol. The van der Waals surface area contributed by atoms with Gasteiger partial charge in [0.15, 0.2) is 5.82 Å². The second kappa shape index (κ2) is 7.25. The van der Waals surface area contributed by atoms with Crippen molar-refractivity contribution in [1.29, 1.82) is 0 Å². The Morgan fingerprint density at radius 3 is 2.95 bits per heavy atom. The molecule has 2 N–H and O–H groups in total. The summed E-state index contributed by atoms with van der Waals surface area (Å²) >= 11 is 1.75. The third-order valence-electron chi connectivity index (χ3n) is 2.80. The maximum Gasteiger partial charge on any atom is 0.243 e. The number of nitrogens with two attached hydrogens (primary N) is 1. The van der Waals surface area contributed by atoms with Crippen LogP contribution in [0.4, 0.5) is 0 Å². The van der Waals surface area contributed by atoms with E-state index in [1.165, 1.54) is 0 Å². The van der Waals surface area contributed by atoms with E-state index in [9.17, 15) is 0 Å². The lowest BCUT2D eigenvalue weighted by Crippen LogP contribution is -2.11. The van der Waals surface area contributed by atoms with E-state index in [0.717, 1.165) is 17.7 Å². The second-order valence-electron chi connectivity index (χ2n) is 4.32. The number of pyridine rings is 1. The van der Waals surface area contributed by atoms with E-state index >= 15 is 0 Å². The minimum absolute atomic E-state index is 0.197. The van der Waals surface area contributed by atoms with Crippen molar-refractivity contribution in [1.82, 2.24) is 15.1 Å². The molecule has 0 saturated heterocycles. The van der Waals surface area contributed by atoms with Crippen molar-refractivity contribution in [3.63, 3.8) is 0 Å². The second-order valence-corrected chi connectivity index (χ2v) is 5.31. The molecule has 0 aliphatic heterocycles. The Morgan fingerprint density at radius 2 is 2.30 bits per heavy atom. The van der Waals surface area contributed by atoms with Crippen molar-refractivity contribution >= 4 is 11.8 Å². The molecule has 1 atom stereocenters. The fraction of sp³-hybridized carbons (Fsp3) is 0.462. The molecule has 2 aromatic rings. The van der Waals surface area contributed by atoms with Gasteiger partial charge in [-0.2, -0.15) is 16.7 Å². The Hall–Kier alpha value is -1.60. The summed E-state index contributed by atoms with van der Waals surface area (Å²) in [7, 11) is 1.59. The number of methoxy groups -OCH3 is 1. The molecule has 7 heteroatoms. The molecule has 0 fully saturated rings. The van der Waals surface area contributed by atoms with Gasteiger partial charge in [0.05, 0.1) is 13.2 Å². The van der Waals surface area contributed by atoms with Crippen molar-refractivity contribution in [3.8, 4) is 5.88 Å². The van der Waals surface area contributed by atoms with Crippen LogP contribution in [0.3, 0.4) is 0 Å². The SMILES string of the molecule is COc1ccc(Cc2noc(C(N)CCSC)n2)cn1. The summed E-state index contributed by atoms with van der Waals surface area (Å²) in [6.07, 6.45) is 5.17. The lowest BCUT2D eigenvalue weighted by Gasteiger charge is -2.03. The van der Waals surface area contributed by atoms with Crippen LogP contribution in [0.1, 0.15) is 29.7 Å². The van der Waals surface area contributed by atoms with Gasteiger partial charge in [0.25, 0.3) is 0 Å². The highest BCUT2D eigenvalue weighted by atomic mass is 32.2. The topological polar surface area (TPSA) is 87.1 Å². The van der Waals surface area contributed by atoms with Crippen LogP contribution in [0, 0.1) is 0 Å². The van der Waals surface area contributed by atoms with Crippen molar-refractivity contribution in [2.24, 2.45) is 5.73 Å². The number of thioether (sulfide) groups is 1. The molecule has 0 aliphatic carbocycles. The molecule has 0 aliphatic rings. The number of aromatic nitrogens is 3. The molecule has 2 heterocycles. The number of hydrogen-bond donors (Lipinski definition) is 1. The van der Waals surface area contributed by atoms with Crippen LogP contribution in [0.2, 0.25) is 0 Å². The van der Waals surface area contributed by atoms with Crippen LogP contribution in [-0.2, 0) is 6.42 Å². The lowest BCUT2D eigenvalue weighted by molar-refractivity contribution is 0.349. The molecule has 6 nitrogen and oxygen atoms in total. The average Bonchev–Trinajstić information content (AvgIpc) is 2.94. The zero-order chi connectivity index (χ0) is 14.4. The van der Waals surface area contributed by atoms with Gasteiger partial charge >= 0.3 is 0 Å². The molecule has 0 amide bonds. The molecule has 0 bridgehead atoms. The molecule has 0 spiro atoms. The first kappa shape index (κ1) is 14.8. The van der Waals surface area contributed by atoms with Gasteiger partial charge in [-0.1, -0.05) is 11.2 Å². The lowest BCUT2D eigenvalue weighted by atomic mass is 10.2. The van der Waals surface area contributed by atoms with Gasteiger partial charge in [-0.15, -0.1) is 0 Å². The van der Waals surface area contributed by atoms with Gasteiger partial charge in [0.2, 0.25) is 11.8 Å². The smallest absolute Gasteiger partial charge is 0.243 e. The van der Waals surface area contributed by atoms with Crippen LogP contribution in [-0.4, -0.2) is 34.2 Å². The van der Waals surface area contributed by atoms with Gasteiger partial charge < -0.3 is 15.0 Å². The third kappa shape index (κ3) is 3.94. The summed E-state index contributed by atoms with van der Waals surface area (Å²) in [6.45, 7) is 0. The Labute approximate surface area is 122 Å². The van der Waals surface area contributed by atoms with E-state index < -0.39 is 0 Å². The molecule has 108 valence electrons. The number of ether oxygens (including phenoxy) is 1. The predicted molar refractivity (Wildman–Crippen MR) is 77.8 cm³/mol. The first-order valence-electron chi connectivity index (χ1n) is 6.29.